The van der Waals surface area contributed by atoms with Crippen molar-refractivity contribution >= 4 is 10.8 Å². The molecule has 0 aromatic heterocycles. The normalized spacial score (nSPS) is 32.4. The quantitative estimate of drug-likeness (QED) is 0.845. The maximum absolute atomic E-state index is 11.5. The molecule has 1 aliphatic heterocycles. The van der Waals surface area contributed by atoms with Crippen LogP contribution in [0.5, 0.6) is 0 Å². The Hall–Kier alpha value is 0.0700. The van der Waals surface area contributed by atoms with Crippen LogP contribution in [0.3, 0.4) is 0 Å². The second-order valence-corrected chi connectivity index (χ2v) is 9.07. The van der Waals surface area contributed by atoms with E-state index in [2.05, 4.69) is 31.0 Å². The average molecular weight is 301 g/mol. The van der Waals surface area contributed by atoms with Crippen LogP contribution in [0.2, 0.25) is 0 Å². The molecule has 2 aliphatic rings. The average Bonchev–Trinajstić information content (AvgIpc) is 2.40. The number of nitrogens with zero attached hydrogens (tertiary/aromatic N) is 1. The third-order valence-corrected chi connectivity index (χ3v) is 6.21. The van der Waals surface area contributed by atoms with Gasteiger partial charge in [0.15, 0.2) is 0 Å². The molecule has 1 aliphatic carbocycles. The Labute approximate surface area is 127 Å². The van der Waals surface area contributed by atoms with E-state index in [1.807, 2.05) is 0 Å². The third-order valence-electron chi connectivity index (χ3n) is 4.94. The van der Waals surface area contributed by atoms with E-state index in [4.69, 9.17) is 0 Å². The number of hydrogen-bond acceptors (Lipinski definition) is 3. The van der Waals surface area contributed by atoms with Crippen LogP contribution in [0.1, 0.15) is 46.5 Å². The van der Waals surface area contributed by atoms with Crippen molar-refractivity contribution in [3.8, 4) is 0 Å². The molecule has 0 bridgehead atoms. The van der Waals surface area contributed by atoms with Crippen molar-refractivity contribution in [1.29, 1.82) is 0 Å². The minimum absolute atomic E-state index is 0.494. The van der Waals surface area contributed by atoms with Crippen LogP contribution >= 0.6 is 0 Å². The molecule has 1 heterocycles. The van der Waals surface area contributed by atoms with Gasteiger partial charge in [-0.05, 0) is 43.6 Å². The first-order valence-corrected chi connectivity index (χ1v) is 9.80. The molecule has 1 saturated heterocycles. The van der Waals surface area contributed by atoms with Gasteiger partial charge in [0.05, 0.1) is 0 Å². The van der Waals surface area contributed by atoms with Crippen molar-refractivity contribution < 1.29 is 4.21 Å². The van der Waals surface area contributed by atoms with E-state index in [1.54, 1.807) is 0 Å². The van der Waals surface area contributed by atoms with Crippen molar-refractivity contribution in [2.45, 2.75) is 52.5 Å². The Morgan fingerprint density at radius 2 is 2.00 bits per heavy atom. The van der Waals surface area contributed by atoms with Gasteiger partial charge >= 0.3 is 0 Å². The molecule has 2 rings (SSSR count). The summed E-state index contributed by atoms with van der Waals surface area (Å²) in [6, 6.07) is 0.690. The SMILES string of the molecule is CCCNC1CCC(C)(C)CC1CN1CCS(=O)CC1. The van der Waals surface area contributed by atoms with Gasteiger partial charge in [-0.25, -0.2) is 0 Å². The number of hydrogen-bond donors (Lipinski definition) is 1. The number of nitrogens with one attached hydrogen (secondary N) is 1. The molecule has 2 atom stereocenters. The molecular weight excluding hydrogens is 268 g/mol. The molecule has 0 amide bonds. The second kappa shape index (κ2) is 7.37. The maximum Gasteiger partial charge on any atom is 0.0363 e. The van der Waals surface area contributed by atoms with Gasteiger partial charge in [0.25, 0.3) is 0 Å². The molecule has 0 spiro atoms. The van der Waals surface area contributed by atoms with Gasteiger partial charge in [-0.3, -0.25) is 4.21 Å². The van der Waals surface area contributed by atoms with Crippen LogP contribution in [-0.4, -0.2) is 52.8 Å². The van der Waals surface area contributed by atoms with E-state index >= 15 is 0 Å². The van der Waals surface area contributed by atoms with Crippen molar-refractivity contribution in [3.05, 3.63) is 0 Å². The Bertz CT molecular complexity index is 322. The van der Waals surface area contributed by atoms with E-state index in [-0.39, 0.29) is 0 Å². The lowest BCUT2D eigenvalue weighted by Crippen LogP contribution is -2.49. The zero-order chi connectivity index (χ0) is 14.6. The highest BCUT2D eigenvalue weighted by atomic mass is 32.2. The Morgan fingerprint density at radius 1 is 1.30 bits per heavy atom. The molecule has 0 radical (unpaired) electrons. The fourth-order valence-corrected chi connectivity index (χ4v) is 4.84. The van der Waals surface area contributed by atoms with E-state index < -0.39 is 10.8 Å². The highest BCUT2D eigenvalue weighted by Gasteiger charge is 2.35. The van der Waals surface area contributed by atoms with Gasteiger partial charge in [-0.15, -0.1) is 0 Å². The molecule has 2 fully saturated rings. The van der Waals surface area contributed by atoms with E-state index in [0.717, 1.165) is 37.1 Å². The first kappa shape index (κ1) is 16.4. The van der Waals surface area contributed by atoms with Gasteiger partial charge in [-0.2, -0.15) is 0 Å². The molecule has 0 aromatic carbocycles. The van der Waals surface area contributed by atoms with Crippen LogP contribution in [0.4, 0.5) is 0 Å². The summed E-state index contributed by atoms with van der Waals surface area (Å²) < 4.78 is 11.5. The highest BCUT2D eigenvalue weighted by molar-refractivity contribution is 7.85. The van der Waals surface area contributed by atoms with Crippen molar-refractivity contribution in [1.82, 2.24) is 10.2 Å². The first-order chi connectivity index (χ1) is 9.50. The molecule has 0 aromatic rings. The molecular formula is C16H32N2OS. The molecule has 1 saturated carbocycles. The van der Waals surface area contributed by atoms with E-state index in [1.165, 1.54) is 32.2 Å². The Balaban J connectivity index is 1.90. The van der Waals surface area contributed by atoms with Crippen molar-refractivity contribution in [2.24, 2.45) is 11.3 Å². The van der Waals surface area contributed by atoms with Gasteiger partial charge in [0, 0.05) is 48.0 Å². The van der Waals surface area contributed by atoms with Crippen LogP contribution < -0.4 is 5.32 Å². The summed E-state index contributed by atoms with van der Waals surface area (Å²) in [6.45, 7) is 11.5. The van der Waals surface area contributed by atoms with Crippen LogP contribution in [0, 0.1) is 11.3 Å². The Kier molecular flexibility index (Phi) is 6.06. The molecule has 4 heteroatoms. The van der Waals surface area contributed by atoms with E-state index in [9.17, 15) is 4.21 Å². The van der Waals surface area contributed by atoms with Gasteiger partial charge in [0.1, 0.15) is 0 Å². The monoisotopic (exact) mass is 300 g/mol. The van der Waals surface area contributed by atoms with Crippen molar-refractivity contribution in [2.75, 3.05) is 37.7 Å². The second-order valence-electron chi connectivity index (χ2n) is 7.38. The third kappa shape index (κ3) is 4.81. The zero-order valence-corrected chi connectivity index (χ0v) is 14.3. The van der Waals surface area contributed by atoms with Crippen LogP contribution in [-0.2, 0) is 10.8 Å². The number of rotatable bonds is 5. The topological polar surface area (TPSA) is 32.3 Å². The smallest absolute Gasteiger partial charge is 0.0363 e. The fourth-order valence-electron chi connectivity index (χ4n) is 3.72. The lowest BCUT2D eigenvalue weighted by molar-refractivity contribution is 0.103. The minimum atomic E-state index is -0.554. The lowest BCUT2D eigenvalue weighted by atomic mass is 9.69. The standard InChI is InChI=1S/C16H32N2OS/c1-4-7-17-15-5-6-16(2,3)12-14(15)13-18-8-10-20(19)11-9-18/h14-15,17H,4-13H2,1-3H3. The summed E-state index contributed by atoms with van der Waals surface area (Å²) in [4.78, 5) is 2.55. The molecule has 20 heavy (non-hydrogen) atoms. The maximum atomic E-state index is 11.5. The summed E-state index contributed by atoms with van der Waals surface area (Å²) in [5.41, 5.74) is 0.494. The van der Waals surface area contributed by atoms with Crippen molar-refractivity contribution in [3.63, 3.8) is 0 Å². The predicted octanol–water partition coefficient (Wildman–Crippen LogP) is 2.25. The minimum Gasteiger partial charge on any atom is -0.314 e. The molecule has 3 nitrogen and oxygen atoms in total. The van der Waals surface area contributed by atoms with Crippen LogP contribution in [0.15, 0.2) is 0 Å². The molecule has 2 unspecified atom stereocenters. The summed E-state index contributed by atoms with van der Waals surface area (Å²) in [7, 11) is -0.554. The van der Waals surface area contributed by atoms with Gasteiger partial charge in [0.2, 0.25) is 0 Å². The van der Waals surface area contributed by atoms with Gasteiger partial charge in [-0.1, -0.05) is 20.8 Å². The summed E-state index contributed by atoms with van der Waals surface area (Å²) in [5, 5.41) is 3.77. The molecule has 118 valence electrons. The molecule has 1 N–H and O–H groups in total. The highest BCUT2D eigenvalue weighted by Crippen LogP contribution is 2.39. The lowest BCUT2D eigenvalue weighted by Gasteiger charge is -2.43. The zero-order valence-electron chi connectivity index (χ0n) is 13.5. The van der Waals surface area contributed by atoms with Gasteiger partial charge < -0.3 is 10.2 Å². The summed E-state index contributed by atoms with van der Waals surface area (Å²) >= 11 is 0. The summed E-state index contributed by atoms with van der Waals surface area (Å²) in [5.74, 6) is 2.52. The largest absolute Gasteiger partial charge is 0.314 e. The predicted molar refractivity (Wildman–Crippen MR) is 87.5 cm³/mol. The Morgan fingerprint density at radius 3 is 2.65 bits per heavy atom. The van der Waals surface area contributed by atoms with Crippen LogP contribution in [0.25, 0.3) is 0 Å². The summed E-state index contributed by atoms with van der Waals surface area (Å²) in [6.07, 6.45) is 5.20. The fraction of sp³-hybridized carbons (Fsp3) is 1.00. The first-order valence-electron chi connectivity index (χ1n) is 8.31. The van der Waals surface area contributed by atoms with E-state index in [0.29, 0.717) is 11.5 Å².